The van der Waals surface area contributed by atoms with Crippen LogP contribution >= 0.6 is 46.6 Å². The maximum absolute atomic E-state index is 13.0. The van der Waals surface area contributed by atoms with Gasteiger partial charge < -0.3 is 14.8 Å². The second kappa shape index (κ2) is 12.8. The molecule has 4 rings (SSSR count). The highest BCUT2D eigenvalue weighted by atomic mass is 35.5. The first-order valence-electron chi connectivity index (χ1n) is 11.8. The summed E-state index contributed by atoms with van der Waals surface area (Å²) in [5.41, 5.74) is 2.70. The van der Waals surface area contributed by atoms with Crippen LogP contribution in [0.4, 0.5) is 10.5 Å². The number of hydrogen-bond donors (Lipinski definition) is 1. The summed E-state index contributed by atoms with van der Waals surface area (Å²) in [6.07, 6.45) is 1.61. The largest absolute Gasteiger partial charge is 0.490 e. The molecular formula is C28H23Cl3N2O5S. The minimum Gasteiger partial charge on any atom is -0.490 e. The normalized spacial score (nSPS) is 14.2. The molecule has 11 heteroatoms. The fourth-order valence-electron chi connectivity index (χ4n) is 3.62. The Labute approximate surface area is 245 Å². The fourth-order valence-corrected chi connectivity index (χ4v) is 5.11. The number of rotatable bonds is 9. The second-order valence-electron chi connectivity index (χ2n) is 8.44. The Kier molecular flexibility index (Phi) is 9.45. The smallest absolute Gasteiger partial charge is 0.293 e. The predicted molar refractivity (Wildman–Crippen MR) is 156 cm³/mol. The third-order valence-electron chi connectivity index (χ3n) is 5.60. The number of ether oxygens (including phenoxy) is 2. The van der Waals surface area contributed by atoms with Gasteiger partial charge >= 0.3 is 0 Å². The maximum atomic E-state index is 13.0. The lowest BCUT2D eigenvalue weighted by molar-refractivity contribution is -0.123. The number of nitrogens with zero attached hydrogens (tertiary/aromatic N) is 1. The summed E-state index contributed by atoms with van der Waals surface area (Å²) >= 11 is 19.1. The Balaban J connectivity index is 1.44. The molecule has 3 aromatic rings. The van der Waals surface area contributed by atoms with Crippen LogP contribution in [-0.4, -0.2) is 35.2 Å². The van der Waals surface area contributed by atoms with E-state index in [1.807, 2.05) is 19.9 Å². The minimum absolute atomic E-state index is 0.0336. The van der Waals surface area contributed by atoms with Crippen LogP contribution in [0.5, 0.6) is 11.5 Å². The van der Waals surface area contributed by atoms with Crippen molar-refractivity contribution in [3.8, 4) is 11.5 Å². The van der Waals surface area contributed by atoms with Crippen molar-refractivity contribution in [2.24, 2.45) is 0 Å². The molecule has 1 saturated heterocycles. The van der Waals surface area contributed by atoms with E-state index in [1.165, 1.54) is 0 Å². The van der Waals surface area contributed by atoms with E-state index in [-0.39, 0.29) is 24.0 Å². The maximum Gasteiger partial charge on any atom is 0.293 e. The molecule has 1 aliphatic rings. The van der Waals surface area contributed by atoms with Gasteiger partial charge in [0.15, 0.2) is 18.1 Å². The molecule has 0 spiro atoms. The van der Waals surface area contributed by atoms with Gasteiger partial charge in [0.05, 0.1) is 18.1 Å². The van der Waals surface area contributed by atoms with E-state index < -0.39 is 11.1 Å². The topological polar surface area (TPSA) is 84.9 Å². The molecule has 3 amide bonds. The van der Waals surface area contributed by atoms with Crippen LogP contribution in [0.15, 0.2) is 59.5 Å². The van der Waals surface area contributed by atoms with Crippen LogP contribution < -0.4 is 14.8 Å². The highest BCUT2D eigenvalue weighted by Crippen LogP contribution is 2.36. The first-order chi connectivity index (χ1) is 18.6. The average Bonchev–Trinajstić information content (AvgIpc) is 3.14. The first-order valence-corrected chi connectivity index (χ1v) is 13.7. The lowest BCUT2D eigenvalue weighted by Gasteiger charge is -2.14. The minimum atomic E-state index is -0.429. The van der Waals surface area contributed by atoms with Gasteiger partial charge in [-0.1, -0.05) is 53.0 Å². The number of aryl methyl sites for hydroxylation is 1. The SMILES string of the molecule is CCOc1cc(/C=C2\SC(=O)N(Cc3ccc(Cl)cc3Cl)C2=O)ccc1OCC(=O)Nc1ccc(C)c(Cl)c1. The van der Waals surface area contributed by atoms with Crippen molar-refractivity contribution in [3.63, 3.8) is 0 Å². The molecule has 3 aromatic carbocycles. The standard InChI is InChI=1S/C28H23Cl3N2O5S/c1-3-37-24-10-17(5-9-23(24)38-15-26(34)32-20-8-4-16(2)21(30)13-20)11-25-27(35)33(28(36)39-25)14-18-6-7-19(29)12-22(18)31/h4-13H,3,14-15H2,1-2H3,(H,32,34)/b25-11-. The van der Waals surface area contributed by atoms with Crippen LogP contribution in [0.2, 0.25) is 15.1 Å². The van der Waals surface area contributed by atoms with Gasteiger partial charge in [-0.3, -0.25) is 19.3 Å². The van der Waals surface area contributed by atoms with Crippen LogP contribution in [0, 0.1) is 6.92 Å². The molecule has 0 saturated carbocycles. The number of carbonyl (C=O) groups is 3. The van der Waals surface area contributed by atoms with Gasteiger partial charge in [0, 0.05) is 20.8 Å². The number of imide groups is 1. The second-order valence-corrected chi connectivity index (χ2v) is 10.7. The monoisotopic (exact) mass is 604 g/mol. The fraction of sp³-hybridized carbons (Fsp3) is 0.179. The molecule has 0 radical (unpaired) electrons. The average molecular weight is 606 g/mol. The number of benzene rings is 3. The van der Waals surface area contributed by atoms with Crippen LogP contribution in [0.1, 0.15) is 23.6 Å². The van der Waals surface area contributed by atoms with Gasteiger partial charge in [-0.15, -0.1) is 0 Å². The number of carbonyl (C=O) groups excluding carboxylic acids is 3. The van der Waals surface area contributed by atoms with E-state index >= 15 is 0 Å². The zero-order valence-corrected chi connectivity index (χ0v) is 24.0. The Hall–Kier alpha value is -3.17. The predicted octanol–water partition coefficient (Wildman–Crippen LogP) is 7.61. The molecule has 39 heavy (non-hydrogen) atoms. The van der Waals surface area contributed by atoms with E-state index in [9.17, 15) is 14.4 Å². The molecule has 202 valence electrons. The van der Waals surface area contributed by atoms with E-state index in [0.29, 0.717) is 50.0 Å². The Bertz CT molecular complexity index is 1480. The molecule has 1 N–H and O–H groups in total. The zero-order chi connectivity index (χ0) is 28.1. The molecular weight excluding hydrogens is 583 g/mol. The third kappa shape index (κ3) is 7.28. The highest BCUT2D eigenvalue weighted by molar-refractivity contribution is 8.18. The van der Waals surface area contributed by atoms with E-state index in [0.717, 1.165) is 22.2 Å². The molecule has 0 aliphatic carbocycles. The molecule has 0 unspecified atom stereocenters. The number of thioether (sulfide) groups is 1. The van der Waals surface area contributed by atoms with Crippen LogP contribution in [-0.2, 0) is 16.1 Å². The van der Waals surface area contributed by atoms with Gasteiger partial charge in [-0.25, -0.2) is 0 Å². The lowest BCUT2D eigenvalue weighted by atomic mass is 10.1. The van der Waals surface area contributed by atoms with E-state index in [4.69, 9.17) is 44.3 Å². The first kappa shape index (κ1) is 28.8. The lowest BCUT2D eigenvalue weighted by Crippen LogP contribution is -2.27. The Morgan fingerprint density at radius 1 is 0.974 bits per heavy atom. The molecule has 0 bridgehead atoms. The zero-order valence-electron chi connectivity index (χ0n) is 20.9. The summed E-state index contributed by atoms with van der Waals surface area (Å²) < 4.78 is 11.4. The van der Waals surface area contributed by atoms with Crippen LogP contribution in [0.25, 0.3) is 6.08 Å². The van der Waals surface area contributed by atoms with Gasteiger partial charge in [0.2, 0.25) is 0 Å². The molecule has 0 atom stereocenters. The number of hydrogen-bond acceptors (Lipinski definition) is 6. The summed E-state index contributed by atoms with van der Waals surface area (Å²) in [5.74, 6) is -0.0423. The van der Waals surface area contributed by atoms with E-state index in [2.05, 4.69) is 5.32 Å². The summed E-state index contributed by atoms with van der Waals surface area (Å²) in [6.45, 7) is 3.82. The third-order valence-corrected chi connectivity index (χ3v) is 7.50. The van der Waals surface area contributed by atoms with Crippen LogP contribution in [0.3, 0.4) is 0 Å². The van der Waals surface area contributed by atoms with Gasteiger partial charge in [0.1, 0.15) is 0 Å². The van der Waals surface area contributed by atoms with Crippen molar-refractivity contribution in [1.82, 2.24) is 4.90 Å². The Morgan fingerprint density at radius 2 is 1.77 bits per heavy atom. The molecule has 1 fully saturated rings. The number of halogens is 3. The molecule has 0 aromatic heterocycles. The van der Waals surface area contributed by atoms with E-state index in [1.54, 1.807) is 54.6 Å². The van der Waals surface area contributed by atoms with Gasteiger partial charge in [-0.2, -0.15) is 0 Å². The summed E-state index contributed by atoms with van der Waals surface area (Å²) in [6, 6.07) is 15.2. The quantitative estimate of drug-likeness (QED) is 0.253. The number of amides is 3. The molecule has 1 heterocycles. The summed E-state index contributed by atoms with van der Waals surface area (Å²) in [7, 11) is 0. The Morgan fingerprint density at radius 3 is 2.49 bits per heavy atom. The summed E-state index contributed by atoms with van der Waals surface area (Å²) in [4.78, 5) is 39.3. The van der Waals surface area contributed by atoms with Crippen molar-refractivity contribution in [2.45, 2.75) is 20.4 Å². The number of anilines is 1. The molecule has 7 nitrogen and oxygen atoms in total. The van der Waals surface area contributed by atoms with Gasteiger partial charge in [0.25, 0.3) is 17.1 Å². The molecule has 1 aliphatic heterocycles. The van der Waals surface area contributed by atoms with Crippen molar-refractivity contribution >= 4 is 75.4 Å². The van der Waals surface area contributed by atoms with Crippen molar-refractivity contribution in [2.75, 3.05) is 18.5 Å². The van der Waals surface area contributed by atoms with Gasteiger partial charge in [-0.05, 0) is 84.8 Å². The number of nitrogens with one attached hydrogen (secondary N) is 1. The highest BCUT2D eigenvalue weighted by Gasteiger charge is 2.35. The van der Waals surface area contributed by atoms with Crippen molar-refractivity contribution in [1.29, 1.82) is 0 Å². The van der Waals surface area contributed by atoms with Crippen molar-refractivity contribution < 1.29 is 23.9 Å². The summed E-state index contributed by atoms with van der Waals surface area (Å²) in [5, 5.41) is 3.73. The van der Waals surface area contributed by atoms with Crippen molar-refractivity contribution in [3.05, 3.63) is 91.3 Å².